The minimum atomic E-state index is 0.502. The normalized spacial score (nSPS) is 13.1. The summed E-state index contributed by atoms with van der Waals surface area (Å²) in [6, 6.07) is 0.502. The minimum Gasteiger partial charge on any atom is -0.313 e. The van der Waals surface area contributed by atoms with Gasteiger partial charge >= 0.3 is 0 Å². The van der Waals surface area contributed by atoms with Crippen LogP contribution in [0.3, 0.4) is 0 Å². The molecule has 0 bridgehead atoms. The zero-order chi connectivity index (χ0) is 11.1. The van der Waals surface area contributed by atoms with Crippen molar-refractivity contribution in [2.45, 2.75) is 39.7 Å². The summed E-state index contributed by atoms with van der Waals surface area (Å²) in [6.45, 7) is 7.74. The Bertz CT molecular complexity index is 259. The van der Waals surface area contributed by atoms with Gasteiger partial charge in [-0.3, -0.25) is 9.97 Å². The molecule has 1 unspecified atom stereocenters. The van der Waals surface area contributed by atoms with Gasteiger partial charge in [0.1, 0.15) is 0 Å². The van der Waals surface area contributed by atoms with Gasteiger partial charge in [-0.15, -0.1) is 0 Å². The van der Waals surface area contributed by atoms with Gasteiger partial charge in [0.05, 0.1) is 5.69 Å². The van der Waals surface area contributed by atoms with Crippen LogP contribution < -0.4 is 5.32 Å². The topological polar surface area (TPSA) is 37.8 Å². The van der Waals surface area contributed by atoms with Crippen molar-refractivity contribution in [2.75, 3.05) is 6.54 Å². The monoisotopic (exact) mass is 207 g/mol. The van der Waals surface area contributed by atoms with Crippen LogP contribution in [0.5, 0.6) is 0 Å². The Kier molecular flexibility index (Phi) is 5.26. The number of hydrogen-bond donors (Lipinski definition) is 1. The molecule has 0 aliphatic rings. The highest BCUT2D eigenvalue weighted by Gasteiger charge is 2.13. The molecule has 0 aliphatic heterocycles. The predicted molar refractivity (Wildman–Crippen MR) is 62.7 cm³/mol. The highest BCUT2D eigenvalue weighted by molar-refractivity contribution is 4.98. The maximum atomic E-state index is 4.31. The number of hydrogen-bond acceptors (Lipinski definition) is 3. The van der Waals surface area contributed by atoms with E-state index in [1.165, 1.54) is 6.42 Å². The van der Waals surface area contributed by atoms with Crippen molar-refractivity contribution in [3.8, 4) is 0 Å². The van der Waals surface area contributed by atoms with E-state index in [2.05, 4.69) is 36.1 Å². The predicted octanol–water partition coefficient (Wildman–Crippen LogP) is 2.04. The molecular formula is C12H21N3. The summed E-state index contributed by atoms with van der Waals surface area (Å²) >= 11 is 0. The number of aromatic nitrogens is 2. The first-order valence-corrected chi connectivity index (χ1v) is 5.72. The zero-order valence-electron chi connectivity index (χ0n) is 9.90. The Labute approximate surface area is 92.3 Å². The molecule has 15 heavy (non-hydrogen) atoms. The van der Waals surface area contributed by atoms with Gasteiger partial charge in [0.2, 0.25) is 0 Å². The van der Waals surface area contributed by atoms with Crippen molar-refractivity contribution in [1.29, 1.82) is 0 Å². The molecule has 84 valence electrons. The number of nitrogens with zero attached hydrogens (tertiary/aromatic N) is 2. The fourth-order valence-corrected chi connectivity index (χ4v) is 1.53. The average molecular weight is 207 g/mol. The lowest BCUT2D eigenvalue weighted by atomic mass is 9.99. The van der Waals surface area contributed by atoms with Crippen LogP contribution in [0.2, 0.25) is 0 Å². The SMILES string of the molecule is CCCNC(Cc1cnccn1)C(C)C. The maximum Gasteiger partial charge on any atom is 0.0602 e. The molecule has 3 heteroatoms. The van der Waals surface area contributed by atoms with Crippen LogP contribution in [0.4, 0.5) is 0 Å². The van der Waals surface area contributed by atoms with E-state index in [0.717, 1.165) is 18.7 Å². The van der Waals surface area contributed by atoms with Crippen molar-refractivity contribution >= 4 is 0 Å². The van der Waals surface area contributed by atoms with Crippen molar-refractivity contribution in [2.24, 2.45) is 5.92 Å². The fourth-order valence-electron chi connectivity index (χ4n) is 1.53. The third-order valence-corrected chi connectivity index (χ3v) is 2.51. The van der Waals surface area contributed by atoms with E-state index in [0.29, 0.717) is 12.0 Å². The van der Waals surface area contributed by atoms with Crippen molar-refractivity contribution in [1.82, 2.24) is 15.3 Å². The molecule has 0 saturated carbocycles. The average Bonchev–Trinajstić information content (AvgIpc) is 2.25. The van der Waals surface area contributed by atoms with E-state index in [-0.39, 0.29) is 0 Å². The second kappa shape index (κ2) is 6.51. The third kappa shape index (κ3) is 4.38. The molecule has 0 radical (unpaired) electrons. The Morgan fingerprint density at radius 2 is 2.13 bits per heavy atom. The summed E-state index contributed by atoms with van der Waals surface area (Å²) in [5, 5.41) is 3.55. The summed E-state index contributed by atoms with van der Waals surface area (Å²) in [5.41, 5.74) is 1.07. The van der Waals surface area contributed by atoms with Crippen LogP contribution in [-0.4, -0.2) is 22.6 Å². The molecule has 0 aromatic carbocycles. The van der Waals surface area contributed by atoms with E-state index in [1.807, 2.05) is 6.20 Å². The van der Waals surface area contributed by atoms with Gasteiger partial charge in [-0.25, -0.2) is 0 Å². The first kappa shape index (κ1) is 12.1. The smallest absolute Gasteiger partial charge is 0.0602 e. The molecule has 1 heterocycles. The molecule has 1 aromatic heterocycles. The Morgan fingerprint density at radius 1 is 1.33 bits per heavy atom. The summed E-state index contributed by atoms with van der Waals surface area (Å²) in [7, 11) is 0. The lowest BCUT2D eigenvalue weighted by Gasteiger charge is -2.21. The molecule has 1 N–H and O–H groups in total. The second-order valence-electron chi connectivity index (χ2n) is 4.21. The first-order chi connectivity index (χ1) is 7.24. The van der Waals surface area contributed by atoms with Gasteiger partial charge in [0.25, 0.3) is 0 Å². The molecule has 0 spiro atoms. The standard InChI is InChI=1S/C12H21N3/c1-4-5-15-12(10(2)3)8-11-9-13-6-7-14-11/h6-7,9-10,12,15H,4-5,8H2,1-3H3. The van der Waals surface area contributed by atoms with Crippen LogP contribution in [0.1, 0.15) is 32.9 Å². The lowest BCUT2D eigenvalue weighted by Crippen LogP contribution is -2.36. The summed E-state index contributed by atoms with van der Waals surface area (Å²) in [4.78, 5) is 8.39. The van der Waals surface area contributed by atoms with E-state index in [4.69, 9.17) is 0 Å². The highest BCUT2D eigenvalue weighted by atomic mass is 14.9. The molecule has 0 fully saturated rings. The van der Waals surface area contributed by atoms with Crippen LogP contribution in [-0.2, 0) is 6.42 Å². The molecule has 1 rings (SSSR count). The third-order valence-electron chi connectivity index (χ3n) is 2.51. The largest absolute Gasteiger partial charge is 0.313 e. The maximum absolute atomic E-state index is 4.31. The van der Waals surface area contributed by atoms with Crippen molar-refractivity contribution < 1.29 is 0 Å². The molecule has 0 aliphatic carbocycles. The van der Waals surface area contributed by atoms with Gasteiger partial charge in [-0.1, -0.05) is 20.8 Å². The Hall–Kier alpha value is -0.960. The minimum absolute atomic E-state index is 0.502. The van der Waals surface area contributed by atoms with Gasteiger partial charge in [0.15, 0.2) is 0 Å². The van der Waals surface area contributed by atoms with Crippen molar-refractivity contribution in [3.05, 3.63) is 24.3 Å². The van der Waals surface area contributed by atoms with E-state index < -0.39 is 0 Å². The molecule has 1 atom stereocenters. The van der Waals surface area contributed by atoms with E-state index in [1.54, 1.807) is 12.4 Å². The zero-order valence-corrected chi connectivity index (χ0v) is 9.90. The molecule has 1 aromatic rings. The number of nitrogens with one attached hydrogen (secondary N) is 1. The molecule has 3 nitrogen and oxygen atoms in total. The van der Waals surface area contributed by atoms with E-state index in [9.17, 15) is 0 Å². The first-order valence-electron chi connectivity index (χ1n) is 5.72. The van der Waals surface area contributed by atoms with Gasteiger partial charge in [-0.05, 0) is 18.9 Å². The fraction of sp³-hybridized carbons (Fsp3) is 0.667. The van der Waals surface area contributed by atoms with Crippen LogP contribution in [0.25, 0.3) is 0 Å². The Balaban J connectivity index is 2.51. The summed E-state index contributed by atoms with van der Waals surface area (Å²) < 4.78 is 0. The highest BCUT2D eigenvalue weighted by Crippen LogP contribution is 2.07. The van der Waals surface area contributed by atoms with Crippen LogP contribution >= 0.6 is 0 Å². The molecular weight excluding hydrogens is 186 g/mol. The van der Waals surface area contributed by atoms with E-state index >= 15 is 0 Å². The lowest BCUT2D eigenvalue weighted by molar-refractivity contribution is 0.394. The molecule has 0 amide bonds. The second-order valence-corrected chi connectivity index (χ2v) is 4.21. The summed E-state index contributed by atoms with van der Waals surface area (Å²) in [5.74, 6) is 0.624. The van der Waals surface area contributed by atoms with Gasteiger partial charge in [0, 0.05) is 31.1 Å². The van der Waals surface area contributed by atoms with Crippen LogP contribution in [0.15, 0.2) is 18.6 Å². The quantitative estimate of drug-likeness (QED) is 0.775. The van der Waals surface area contributed by atoms with Gasteiger partial charge < -0.3 is 5.32 Å². The van der Waals surface area contributed by atoms with Crippen LogP contribution in [0, 0.1) is 5.92 Å². The number of rotatable bonds is 6. The van der Waals surface area contributed by atoms with Gasteiger partial charge in [-0.2, -0.15) is 0 Å². The summed E-state index contributed by atoms with van der Waals surface area (Å²) in [6.07, 6.45) is 7.46. The Morgan fingerprint density at radius 3 is 2.67 bits per heavy atom. The molecule has 0 saturated heterocycles. The van der Waals surface area contributed by atoms with Crippen molar-refractivity contribution in [3.63, 3.8) is 0 Å².